The minimum Gasteiger partial charge on any atom is -0.395 e. The van der Waals surface area contributed by atoms with Gasteiger partial charge in [-0.3, -0.25) is 4.40 Å². The Bertz CT molecular complexity index is 692. The number of aromatic nitrogens is 2. The standard InChI is InChI=1S/C12H20N4O3S2/c1-3-5-13-10-11(16-7-9-20-12(16)14-10)21(18,19)15(4-2)6-8-17/h7,9,13,17H,3-6,8H2,1-2H3. The monoisotopic (exact) mass is 332 g/mol. The second-order valence-corrected chi connectivity index (χ2v) is 7.19. The third kappa shape index (κ3) is 3.05. The number of aliphatic hydroxyl groups excluding tert-OH is 1. The molecular formula is C12H20N4O3S2. The normalized spacial score (nSPS) is 12.4. The molecule has 0 amide bonds. The maximum atomic E-state index is 12.8. The highest BCUT2D eigenvalue weighted by atomic mass is 32.2. The van der Waals surface area contributed by atoms with Crippen LogP contribution in [-0.4, -0.2) is 53.5 Å². The van der Waals surface area contributed by atoms with Crippen molar-refractivity contribution in [2.75, 3.05) is 31.6 Å². The number of aliphatic hydroxyl groups is 1. The summed E-state index contributed by atoms with van der Waals surface area (Å²) in [6.45, 7) is 4.56. The Morgan fingerprint density at radius 1 is 1.48 bits per heavy atom. The minimum atomic E-state index is -3.71. The molecule has 0 aromatic carbocycles. The van der Waals surface area contributed by atoms with Gasteiger partial charge in [-0.05, 0) is 6.42 Å². The smallest absolute Gasteiger partial charge is 0.262 e. The fraction of sp³-hybridized carbons (Fsp3) is 0.583. The molecule has 2 heterocycles. The quantitative estimate of drug-likeness (QED) is 0.759. The first-order valence-corrected chi connectivity index (χ1v) is 9.18. The SMILES string of the molecule is CCCNc1nc2sccn2c1S(=O)(=O)N(CC)CCO. The number of hydrogen-bond donors (Lipinski definition) is 2. The highest BCUT2D eigenvalue weighted by molar-refractivity contribution is 7.89. The van der Waals surface area contributed by atoms with Crippen molar-refractivity contribution in [1.82, 2.24) is 13.7 Å². The van der Waals surface area contributed by atoms with E-state index in [0.29, 0.717) is 23.9 Å². The van der Waals surface area contributed by atoms with E-state index >= 15 is 0 Å². The summed E-state index contributed by atoms with van der Waals surface area (Å²) < 4.78 is 28.5. The third-order valence-electron chi connectivity index (χ3n) is 3.05. The molecule has 0 aliphatic rings. The van der Waals surface area contributed by atoms with Crippen LogP contribution >= 0.6 is 11.3 Å². The molecule has 9 heteroatoms. The summed E-state index contributed by atoms with van der Waals surface area (Å²) in [5, 5.41) is 14.1. The molecule has 0 bridgehead atoms. The number of fused-ring (bicyclic) bond motifs is 1. The molecule has 0 fully saturated rings. The van der Waals surface area contributed by atoms with Gasteiger partial charge in [0.1, 0.15) is 0 Å². The summed E-state index contributed by atoms with van der Waals surface area (Å²) in [4.78, 5) is 4.99. The third-order valence-corrected chi connectivity index (χ3v) is 5.80. The van der Waals surface area contributed by atoms with E-state index in [4.69, 9.17) is 5.11 Å². The van der Waals surface area contributed by atoms with Crippen LogP contribution in [0.15, 0.2) is 16.6 Å². The Balaban J connectivity index is 2.53. The van der Waals surface area contributed by atoms with Gasteiger partial charge in [0.05, 0.1) is 6.61 Å². The summed E-state index contributed by atoms with van der Waals surface area (Å²) in [6.07, 6.45) is 2.57. The Hall–Kier alpha value is -1.16. The number of nitrogens with one attached hydrogen (secondary N) is 1. The molecule has 0 atom stereocenters. The Kier molecular flexibility index (Phi) is 5.20. The second-order valence-electron chi connectivity index (χ2n) is 4.47. The van der Waals surface area contributed by atoms with Crippen molar-refractivity contribution in [3.05, 3.63) is 11.6 Å². The van der Waals surface area contributed by atoms with Crippen molar-refractivity contribution < 1.29 is 13.5 Å². The molecule has 7 nitrogen and oxygen atoms in total. The number of sulfonamides is 1. The van der Waals surface area contributed by atoms with Crippen LogP contribution in [0.1, 0.15) is 20.3 Å². The van der Waals surface area contributed by atoms with Gasteiger partial charge in [0.25, 0.3) is 10.0 Å². The van der Waals surface area contributed by atoms with E-state index in [1.54, 1.807) is 22.9 Å². The number of imidazole rings is 1. The number of rotatable bonds is 8. The summed E-state index contributed by atoms with van der Waals surface area (Å²) in [7, 11) is -3.71. The lowest BCUT2D eigenvalue weighted by Crippen LogP contribution is -2.34. The fourth-order valence-corrected chi connectivity index (χ4v) is 4.49. The Morgan fingerprint density at radius 2 is 2.24 bits per heavy atom. The number of thiazole rings is 1. The van der Waals surface area contributed by atoms with Crippen molar-refractivity contribution >= 4 is 32.1 Å². The zero-order valence-corrected chi connectivity index (χ0v) is 13.7. The van der Waals surface area contributed by atoms with Crippen LogP contribution in [0.5, 0.6) is 0 Å². The average Bonchev–Trinajstić information content (AvgIpc) is 3.01. The maximum Gasteiger partial charge on any atom is 0.262 e. The van der Waals surface area contributed by atoms with Crippen LogP contribution in [0, 0.1) is 0 Å². The molecule has 2 aromatic heterocycles. The largest absolute Gasteiger partial charge is 0.395 e. The average molecular weight is 332 g/mol. The van der Waals surface area contributed by atoms with Crippen LogP contribution in [0.3, 0.4) is 0 Å². The van der Waals surface area contributed by atoms with Gasteiger partial charge >= 0.3 is 0 Å². The van der Waals surface area contributed by atoms with Crippen LogP contribution in [0.25, 0.3) is 4.96 Å². The molecule has 0 spiro atoms. The van der Waals surface area contributed by atoms with E-state index in [1.807, 2.05) is 6.92 Å². The summed E-state index contributed by atoms with van der Waals surface area (Å²) in [6, 6.07) is 0. The highest BCUT2D eigenvalue weighted by Gasteiger charge is 2.30. The predicted octanol–water partition coefficient (Wildman–Crippen LogP) is 1.22. The zero-order chi connectivity index (χ0) is 15.5. The fourth-order valence-electron chi connectivity index (χ4n) is 2.05. The summed E-state index contributed by atoms with van der Waals surface area (Å²) in [5.74, 6) is 0.375. The molecule has 21 heavy (non-hydrogen) atoms. The first-order chi connectivity index (χ1) is 10.1. The molecule has 118 valence electrons. The lowest BCUT2D eigenvalue weighted by molar-refractivity contribution is 0.256. The molecule has 0 radical (unpaired) electrons. The van der Waals surface area contributed by atoms with Gasteiger partial charge in [0, 0.05) is 31.2 Å². The molecule has 0 saturated carbocycles. The number of hydrogen-bond acceptors (Lipinski definition) is 6. The number of anilines is 1. The van der Waals surface area contributed by atoms with Crippen molar-refractivity contribution in [3.63, 3.8) is 0 Å². The van der Waals surface area contributed by atoms with Gasteiger partial charge < -0.3 is 10.4 Å². The van der Waals surface area contributed by atoms with Gasteiger partial charge in [0.15, 0.2) is 15.8 Å². The number of nitrogens with zero attached hydrogens (tertiary/aromatic N) is 3. The van der Waals surface area contributed by atoms with Gasteiger partial charge in [-0.15, -0.1) is 11.3 Å². The Morgan fingerprint density at radius 3 is 2.86 bits per heavy atom. The van der Waals surface area contributed by atoms with Crippen LogP contribution in [0.2, 0.25) is 0 Å². The molecule has 0 aliphatic heterocycles. The van der Waals surface area contributed by atoms with Crippen molar-refractivity contribution in [2.24, 2.45) is 0 Å². The van der Waals surface area contributed by atoms with Gasteiger partial charge in [-0.25, -0.2) is 13.4 Å². The van der Waals surface area contributed by atoms with E-state index in [0.717, 1.165) is 6.42 Å². The summed E-state index contributed by atoms with van der Waals surface area (Å²) >= 11 is 1.38. The molecule has 2 N–H and O–H groups in total. The van der Waals surface area contributed by atoms with Gasteiger partial charge in [-0.2, -0.15) is 4.31 Å². The zero-order valence-electron chi connectivity index (χ0n) is 12.1. The lowest BCUT2D eigenvalue weighted by atomic mass is 10.5. The van der Waals surface area contributed by atoms with Gasteiger partial charge in [0.2, 0.25) is 0 Å². The topological polar surface area (TPSA) is 86.9 Å². The van der Waals surface area contributed by atoms with E-state index in [-0.39, 0.29) is 18.2 Å². The summed E-state index contributed by atoms with van der Waals surface area (Å²) in [5.41, 5.74) is 0. The molecule has 0 saturated heterocycles. The molecule has 0 unspecified atom stereocenters. The number of likely N-dealkylation sites (N-methyl/N-ethyl adjacent to an activating group) is 1. The van der Waals surface area contributed by atoms with Crippen LogP contribution in [0.4, 0.5) is 5.82 Å². The second kappa shape index (κ2) is 6.73. The maximum absolute atomic E-state index is 12.8. The molecule has 2 aromatic rings. The first-order valence-electron chi connectivity index (χ1n) is 6.86. The molecule has 0 aliphatic carbocycles. The van der Waals surface area contributed by atoms with Crippen LogP contribution in [-0.2, 0) is 10.0 Å². The minimum absolute atomic E-state index is 0.0728. The first kappa shape index (κ1) is 16.2. The van der Waals surface area contributed by atoms with Crippen molar-refractivity contribution in [3.8, 4) is 0 Å². The van der Waals surface area contributed by atoms with Crippen molar-refractivity contribution in [1.29, 1.82) is 0 Å². The van der Waals surface area contributed by atoms with E-state index in [9.17, 15) is 8.42 Å². The van der Waals surface area contributed by atoms with E-state index < -0.39 is 10.0 Å². The van der Waals surface area contributed by atoms with Crippen LogP contribution < -0.4 is 5.32 Å². The van der Waals surface area contributed by atoms with Crippen molar-refractivity contribution in [2.45, 2.75) is 25.3 Å². The highest BCUT2D eigenvalue weighted by Crippen LogP contribution is 2.28. The Labute approximate surface area is 128 Å². The van der Waals surface area contributed by atoms with E-state index in [1.165, 1.54) is 15.6 Å². The molecular weight excluding hydrogens is 312 g/mol. The molecule has 2 rings (SSSR count). The van der Waals surface area contributed by atoms with Gasteiger partial charge in [-0.1, -0.05) is 13.8 Å². The lowest BCUT2D eigenvalue weighted by Gasteiger charge is -2.19. The van der Waals surface area contributed by atoms with E-state index in [2.05, 4.69) is 10.3 Å². The predicted molar refractivity (Wildman–Crippen MR) is 83.4 cm³/mol.